The zero-order valence-corrected chi connectivity index (χ0v) is 16.7. The number of hydrogen-bond donors (Lipinski definition) is 1. The molecule has 1 N–H and O–H groups in total. The maximum absolute atomic E-state index is 12.5. The number of methoxy groups -OCH3 is 1. The summed E-state index contributed by atoms with van der Waals surface area (Å²) in [5.74, 6) is 1.29. The molecule has 2 aromatic carbocycles. The number of rotatable bonds is 9. The normalized spacial score (nSPS) is 11.8. The highest BCUT2D eigenvalue weighted by Gasteiger charge is 2.21. The Kier molecular flexibility index (Phi) is 7.08. The number of thioether (sulfide) groups is 1. The van der Waals surface area contributed by atoms with Crippen LogP contribution in [0, 0.1) is 0 Å². The van der Waals surface area contributed by atoms with Crippen LogP contribution in [0.4, 0.5) is 0 Å². The number of amides is 1. The molecule has 0 aliphatic carbocycles. The number of benzene rings is 2. The van der Waals surface area contributed by atoms with E-state index >= 15 is 0 Å². The Labute approximate surface area is 168 Å². The Morgan fingerprint density at radius 1 is 1.11 bits per heavy atom. The fraction of sp³-hybridized carbons (Fsp3) is 0.286. The van der Waals surface area contributed by atoms with Gasteiger partial charge in [-0.15, -0.1) is 10.2 Å². The summed E-state index contributed by atoms with van der Waals surface area (Å²) in [6, 6.07) is 17.5. The van der Waals surface area contributed by atoms with Crippen LogP contribution < -0.4 is 10.1 Å². The first-order valence-corrected chi connectivity index (χ1v) is 9.99. The van der Waals surface area contributed by atoms with Gasteiger partial charge in [0.25, 0.3) is 5.22 Å². The summed E-state index contributed by atoms with van der Waals surface area (Å²) in [6.07, 6.45) is 1.20. The fourth-order valence-electron chi connectivity index (χ4n) is 2.62. The summed E-state index contributed by atoms with van der Waals surface area (Å²) < 4.78 is 10.9. The minimum absolute atomic E-state index is 0.0359. The van der Waals surface area contributed by atoms with Gasteiger partial charge in [0, 0.05) is 6.54 Å². The molecule has 0 aliphatic rings. The van der Waals surface area contributed by atoms with Gasteiger partial charge >= 0.3 is 0 Å². The van der Waals surface area contributed by atoms with Crippen LogP contribution in [0.25, 0.3) is 0 Å². The molecule has 1 unspecified atom stereocenters. The molecular weight excluding hydrogens is 374 g/mol. The van der Waals surface area contributed by atoms with E-state index in [9.17, 15) is 4.79 Å². The maximum Gasteiger partial charge on any atom is 0.277 e. The van der Waals surface area contributed by atoms with Crippen molar-refractivity contribution in [2.45, 2.75) is 36.8 Å². The lowest BCUT2D eigenvalue weighted by molar-refractivity contribution is -0.120. The molecule has 3 aromatic rings. The molecule has 3 rings (SSSR count). The average molecular weight is 398 g/mol. The highest BCUT2D eigenvalue weighted by molar-refractivity contribution is 8.00. The molecule has 0 aliphatic heterocycles. The largest absolute Gasteiger partial charge is 0.497 e. The number of carbonyl (C=O) groups is 1. The van der Waals surface area contributed by atoms with Crippen LogP contribution in [-0.2, 0) is 17.8 Å². The summed E-state index contributed by atoms with van der Waals surface area (Å²) in [4.78, 5) is 12.5. The molecule has 1 aromatic heterocycles. The Morgan fingerprint density at radius 3 is 2.54 bits per heavy atom. The van der Waals surface area contributed by atoms with E-state index in [0.717, 1.165) is 16.9 Å². The summed E-state index contributed by atoms with van der Waals surface area (Å²) >= 11 is 1.30. The van der Waals surface area contributed by atoms with E-state index in [1.165, 1.54) is 11.8 Å². The maximum atomic E-state index is 12.5. The quantitative estimate of drug-likeness (QED) is 0.553. The van der Waals surface area contributed by atoms with Gasteiger partial charge in [-0.2, -0.15) is 0 Å². The second kappa shape index (κ2) is 9.94. The van der Waals surface area contributed by atoms with Crippen molar-refractivity contribution in [1.82, 2.24) is 15.5 Å². The lowest BCUT2D eigenvalue weighted by atomic mass is 10.1. The van der Waals surface area contributed by atoms with E-state index in [0.29, 0.717) is 30.5 Å². The second-order valence-corrected chi connectivity index (χ2v) is 7.36. The molecular formula is C21H23N3O3S. The number of nitrogens with zero attached hydrogens (tertiary/aromatic N) is 2. The molecule has 6 nitrogen and oxygen atoms in total. The summed E-state index contributed by atoms with van der Waals surface area (Å²) in [6.45, 7) is 2.47. The summed E-state index contributed by atoms with van der Waals surface area (Å²) in [7, 11) is 1.64. The van der Waals surface area contributed by atoms with Gasteiger partial charge in [-0.1, -0.05) is 61.2 Å². The number of carbonyl (C=O) groups excluding carboxylic acids is 1. The predicted octanol–water partition coefficient (Wildman–Crippen LogP) is 3.86. The minimum atomic E-state index is -0.280. The van der Waals surface area contributed by atoms with Crippen molar-refractivity contribution in [1.29, 1.82) is 0 Å². The topological polar surface area (TPSA) is 77.2 Å². The lowest BCUT2D eigenvalue weighted by Gasteiger charge is -2.12. The van der Waals surface area contributed by atoms with Crippen molar-refractivity contribution in [3.8, 4) is 5.75 Å². The Balaban J connectivity index is 1.54. The van der Waals surface area contributed by atoms with Gasteiger partial charge in [-0.05, 0) is 29.7 Å². The van der Waals surface area contributed by atoms with Crippen LogP contribution in [0.2, 0.25) is 0 Å². The van der Waals surface area contributed by atoms with Crippen molar-refractivity contribution < 1.29 is 13.9 Å². The van der Waals surface area contributed by atoms with Crippen molar-refractivity contribution in [3.05, 3.63) is 71.6 Å². The number of ether oxygens (including phenoxy) is 1. The Morgan fingerprint density at radius 2 is 1.86 bits per heavy atom. The van der Waals surface area contributed by atoms with Gasteiger partial charge in [0.05, 0.1) is 18.8 Å². The highest BCUT2D eigenvalue weighted by Crippen LogP contribution is 2.25. The summed E-state index contributed by atoms with van der Waals surface area (Å²) in [5.41, 5.74) is 2.11. The molecule has 0 fully saturated rings. The van der Waals surface area contributed by atoms with Gasteiger partial charge in [-0.3, -0.25) is 4.79 Å². The molecule has 1 atom stereocenters. The van der Waals surface area contributed by atoms with Crippen LogP contribution in [0.15, 0.2) is 64.2 Å². The first-order chi connectivity index (χ1) is 13.7. The van der Waals surface area contributed by atoms with Gasteiger partial charge < -0.3 is 14.5 Å². The van der Waals surface area contributed by atoms with E-state index in [1.54, 1.807) is 7.11 Å². The Hall–Kier alpha value is -2.80. The third-order valence-corrected chi connectivity index (χ3v) is 5.38. The molecule has 0 saturated carbocycles. The van der Waals surface area contributed by atoms with Crippen LogP contribution >= 0.6 is 11.8 Å². The molecule has 1 amide bonds. The monoisotopic (exact) mass is 397 g/mol. The second-order valence-electron chi connectivity index (χ2n) is 6.20. The number of hydrogen-bond acceptors (Lipinski definition) is 6. The zero-order valence-electron chi connectivity index (χ0n) is 15.9. The van der Waals surface area contributed by atoms with E-state index in [1.807, 2.05) is 61.5 Å². The van der Waals surface area contributed by atoms with Gasteiger partial charge in [0.1, 0.15) is 5.75 Å². The van der Waals surface area contributed by atoms with E-state index in [2.05, 4.69) is 15.5 Å². The molecule has 0 radical (unpaired) electrons. The van der Waals surface area contributed by atoms with Crippen LogP contribution in [0.5, 0.6) is 5.75 Å². The molecule has 146 valence electrons. The van der Waals surface area contributed by atoms with Crippen LogP contribution in [0.1, 0.15) is 30.4 Å². The van der Waals surface area contributed by atoms with E-state index in [4.69, 9.17) is 9.15 Å². The van der Waals surface area contributed by atoms with Crippen LogP contribution in [-0.4, -0.2) is 28.5 Å². The number of nitrogens with one attached hydrogen (secondary N) is 1. The van der Waals surface area contributed by atoms with Crippen molar-refractivity contribution in [2.24, 2.45) is 0 Å². The van der Waals surface area contributed by atoms with Crippen molar-refractivity contribution in [2.75, 3.05) is 7.11 Å². The zero-order chi connectivity index (χ0) is 19.8. The fourth-order valence-corrected chi connectivity index (χ4v) is 3.45. The van der Waals surface area contributed by atoms with E-state index < -0.39 is 0 Å². The molecule has 1 heterocycles. The molecule has 28 heavy (non-hydrogen) atoms. The summed E-state index contributed by atoms with van der Waals surface area (Å²) in [5, 5.41) is 11.3. The molecule has 0 spiro atoms. The highest BCUT2D eigenvalue weighted by atomic mass is 32.2. The van der Waals surface area contributed by atoms with E-state index in [-0.39, 0.29) is 11.2 Å². The standard InChI is InChI=1S/C21H23N3O3S/c1-3-18(20(25)22-14-16-7-5-4-6-8-16)28-21-24-23-19(27-21)13-15-9-11-17(26-2)12-10-15/h4-12,18H,3,13-14H2,1-2H3,(H,22,25). The van der Waals surface area contributed by atoms with Gasteiger partial charge in [0.15, 0.2) is 0 Å². The smallest absolute Gasteiger partial charge is 0.277 e. The predicted molar refractivity (Wildman–Crippen MR) is 108 cm³/mol. The average Bonchev–Trinajstić information content (AvgIpc) is 3.18. The SMILES string of the molecule is CCC(Sc1nnc(Cc2ccc(OC)cc2)o1)C(=O)NCc1ccccc1. The Bertz CT molecular complexity index is 881. The third kappa shape index (κ3) is 5.60. The molecule has 0 saturated heterocycles. The molecule has 0 bridgehead atoms. The molecule has 7 heteroatoms. The van der Waals surface area contributed by atoms with Crippen molar-refractivity contribution in [3.63, 3.8) is 0 Å². The minimum Gasteiger partial charge on any atom is -0.497 e. The first kappa shape index (κ1) is 19.9. The third-order valence-electron chi connectivity index (χ3n) is 4.18. The number of aromatic nitrogens is 2. The van der Waals surface area contributed by atoms with Crippen LogP contribution in [0.3, 0.4) is 0 Å². The van der Waals surface area contributed by atoms with Crippen molar-refractivity contribution >= 4 is 17.7 Å². The van der Waals surface area contributed by atoms with Gasteiger partial charge in [-0.25, -0.2) is 0 Å². The first-order valence-electron chi connectivity index (χ1n) is 9.11. The lowest BCUT2D eigenvalue weighted by Crippen LogP contribution is -2.31. The van der Waals surface area contributed by atoms with Gasteiger partial charge in [0.2, 0.25) is 11.8 Å².